The highest BCUT2D eigenvalue weighted by atomic mass is 16.6. The lowest BCUT2D eigenvalue weighted by Gasteiger charge is -1.91. The molecule has 0 atom stereocenters. The third-order valence-electron chi connectivity index (χ3n) is 2.82. The Morgan fingerprint density at radius 3 is 2.81 bits per heavy atom. The van der Waals surface area contributed by atoms with Crippen molar-refractivity contribution in [3.63, 3.8) is 0 Å². The van der Waals surface area contributed by atoms with Crippen LogP contribution in [-0.2, 0) is 13.6 Å². The standard InChI is InChI=1S/C11H11N7O3/c1-7-8(5-16(2)14-7)11-13-12-10(21-11)6-17-4-3-9(15-17)18(19)20/h3-5H,6H2,1-2H3. The minimum atomic E-state index is -0.561. The van der Waals surface area contributed by atoms with Gasteiger partial charge in [0.1, 0.15) is 6.54 Å². The van der Waals surface area contributed by atoms with E-state index in [1.165, 1.54) is 16.9 Å². The van der Waals surface area contributed by atoms with Gasteiger partial charge in [-0.25, -0.2) is 0 Å². The fraction of sp³-hybridized carbons (Fsp3) is 0.273. The van der Waals surface area contributed by atoms with Crippen molar-refractivity contribution in [2.24, 2.45) is 7.05 Å². The van der Waals surface area contributed by atoms with Crippen LogP contribution in [0.15, 0.2) is 22.9 Å². The van der Waals surface area contributed by atoms with Gasteiger partial charge < -0.3 is 14.5 Å². The molecule has 0 saturated heterocycles. The summed E-state index contributed by atoms with van der Waals surface area (Å²) in [5.74, 6) is 0.446. The van der Waals surface area contributed by atoms with E-state index in [2.05, 4.69) is 20.4 Å². The average molecular weight is 289 g/mol. The summed E-state index contributed by atoms with van der Waals surface area (Å²) in [5.41, 5.74) is 1.53. The Hall–Kier alpha value is -3.04. The molecule has 0 saturated carbocycles. The molecule has 21 heavy (non-hydrogen) atoms. The van der Waals surface area contributed by atoms with E-state index in [0.29, 0.717) is 11.8 Å². The van der Waals surface area contributed by atoms with Crippen LogP contribution in [0.4, 0.5) is 5.82 Å². The number of hydrogen-bond acceptors (Lipinski definition) is 7. The van der Waals surface area contributed by atoms with Gasteiger partial charge in [0.05, 0.1) is 28.6 Å². The second-order valence-corrected chi connectivity index (χ2v) is 4.43. The molecule has 108 valence electrons. The molecule has 10 nitrogen and oxygen atoms in total. The second-order valence-electron chi connectivity index (χ2n) is 4.43. The number of rotatable bonds is 4. The lowest BCUT2D eigenvalue weighted by molar-refractivity contribution is -0.389. The largest absolute Gasteiger partial charge is 0.418 e. The minimum absolute atomic E-state index is 0.167. The van der Waals surface area contributed by atoms with Gasteiger partial charge in [-0.2, -0.15) is 9.78 Å². The monoisotopic (exact) mass is 289 g/mol. The first-order valence-corrected chi connectivity index (χ1v) is 6.04. The minimum Gasteiger partial charge on any atom is -0.418 e. The fourth-order valence-corrected chi connectivity index (χ4v) is 1.91. The summed E-state index contributed by atoms with van der Waals surface area (Å²) in [6, 6.07) is 1.31. The summed E-state index contributed by atoms with van der Waals surface area (Å²) in [5, 5.41) is 26.4. The van der Waals surface area contributed by atoms with E-state index in [4.69, 9.17) is 4.42 Å². The van der Waals surface area contributed by atoms with Gasteiger partial charge >= 0.3 is 5.82 Å². The van der Waals surface area contributed by atoms with Crippen molar-refractivity contribution >= 4 is 5.82 Å². The highest BCUT2D eigenvalue weighted by Crippen LogP contribution is 2.21. The molecule has 0 radical (unpaired) electrons. The lowest BCUT2D eigenvalue weighted by atomic mass is 10.3. The summed E-state index contributed by atoms with van der Waals surface area (Å²) in [6.45, 7) is 2.01. The molecule has 3 heterocycles. The molecule has 0 aromatic carbocycles. The van der Waals surface area contributed by atoms with E-state index in [0.717, 1.165) is 11.3 Å². The molecule has 0 unspecified atom stereocenters. The summed E-state index contributed by atoms with van der Waals surface area (Å²) in [6.07, 6.45) is 3.27. The van der Waals surface area contributed by atoms with Crippen molar-refractivity contribution in [2.45, 2.75) is 13.5 Å². The van der Waals surface area contributed by atoms with Crippen LogP contribution >= 0.6 is 0 Å². The third-order valence-corrected chi connectivity index (χ3v) is 2.82. The maximum atomic E-state index is 10.6. The van der Waals surface area contributed by atoms with E-state index >= 15 is 0 Å². The molecule has 3 aromatic heterocycles. The van der Waals surface area contributed by atoms with Crippen molar-refractivity contribution in [3.8, 4) is 11.5 Å². The molecule has 0 bridgehead atoms. The SMILES string of the molecule is Cc1nn(C)cc1-c1nnc(Cn2ccc([N+](=O)[O-])n2)o1. The van der Waals surface area contributed by atoms with Crippen molar-refractivity contribution in [2.75, 3.05) is 0 Å². The van der Waals surface area contributed by atoms with Crippen LogP contribution in [0, 0.1) is 17.0 Å². The smallest absolute Gasteiger partial charge is 0.389 e. The topological polar surface area (TPSA) is 118 Å². The number of hydrogen-bond donors (Lipinski definition) is 0. The maximum Gasteiger partial charge on any atom is 0.389 e. The quantitative estimate of drug-likeness (QED) is 0.517. The lowest BCUT2D eigenvalue weighted by Crippen LogP contribution is -2.01. The summed E-state index contributed by atoms with van der Waals surface area (Å²) in [7, 11) is 1.80. The molecule has 3 rings (SSSR count). The number of aromatic nitrogens is 6. The van der Waals surface area contributed by atoms with Gasteiger partial charge in [0.25, 0.3) is 5.89 Å². The Morgan fingerprint density at radius 1 is 1.38 bits per heavy atom. The number of nitrogens with zero attached hydrogens (tertiary/aromatic N) is 7. The number of nitro groups is 1. The predicted molar refractivity (Wildman–Crippen MR) is 69.2 cm³/mol. The van der Waals surface area contributed by atoms with Gasteiger partial charge in [0, 0.05) is 13.2 Å². The zero-order valence-corrected chi connectivity index (χ0v) is 11.3. The number of aryl methyl sites for hydroxylation is 2. The van der Waals surface area contributed by atoms with Gasteiger partial charge in [-0.15, -0.1) is 10.2 Å². The molecule has 0 fully saturated rings. The van der Waals surface area contributed by atoms with Crippen LogP contribution < -0.4 is 0 Å². The normalized spacial score (nSPS) is 11.0. The van der Waals surface area contributed by atoms with Crippen LogP contribution in [0.1, 0.15) is 11.6 Å². The molecule has 0 aliphatic heterocycles. The van der Waals surface area contributed by atoms with Gasteiger partial charge in [-0.3, -0.25) is 4.68 Å². The zero-order valence-electron chi connectivity index (χ0n) is 11.3. The molecule has 0 amide bonds. The molecule has 10 heteroatoms. The van der Waals surface area contributed by atoms with Crippen LogP contribution in [0.3, 0.4) is 0 Å². The first kappa shape index (κ1) is 13.0. The van der Waals surface area contributed by atoms with Gasteiger partial charge in [0.2, 0.25) is 5.89 Å². The predicted octanol–water partition coefficient (Wildman–Crippen LogP) is 0.932. The van der Waals surface area contributed by atoms with Gasteiger partial charge in [-0.05, 0) is 11.8 Å². The van der Waals surface area contributed by atoms with Crippen LogP contribution in [0.25, 0.3) is 11.5 Å². The molecule has 3 aromatic rings. The Morgan fingerprint density at radius 2 is 2.19 bits per heavy atom. The summed E-state index contributed by atoms with van der Waals surface area (Å²) >= 11 is 0. The van der Waals surface area contributed by atoms with Crippen LogP contribution in [0.2, 0.25) is 0 Å². The highest BCUT2D eigenvalue weighted by molar-refractivity contribution is 5.54. The second kappa shape index (κ2) is 4.81. The van der Waals surface area contributed by atoms with Crippen molar-refractivity contribution in [1.29, 1.82) is 0 Å². The molecule has 0 N–H and O–H groups in total. The third kappa shape index (κ3) is 2.50. The highest BCUT2D eigenvalue weighted by Gasteiger charge is 2.16. The molecular weight excluding hydrogens is 278 g/mol. The van der Waals surface area contributed by atoms with E-state index in [9.17, 15) is 10.1 Å². The maximum absolute atomic E-state index is 10.6. The Bertz CT molecular complexity index is 800. The van der Waals surface area contributed by atoms with Crippen molar-refractivity contribution < 1.29 is 9.34 Å². The Balaban J connectivity index is 1.81. The van der Waals surface area contributed by atoms with Crippen molar-refractivity contribution in [3.05, 3.63) is 40.2 Å². The molecule has 0 aliphatic rings. The summed E-state index contributed by atoms with van der Waals surface area (Å²) in [4.78, 5) is 10.0. The molecule has 0 spiro atoms. The van der Waals surface area contributed by atoms with E-state index < -0.39 is 4.92 Å². The Labute approximate surface area is 118 Å². The molecular formula is C11H11N7O3. The van der Waals surface area contributed by atoms with E-state index in [1.807, 2.05) is 6.92 Å². The van der Waals surface area contributed by atoms with Crippen molar-refractivity contribution in [1.82, 2.24) is 29.8 Å². The first-order valence-electron chi connectivity index (χ1n) is 6.04. The van der Waals surface area contributed by atoms with Gasteiger partial charge in [0.15, 0.2) is 0 Å². The van der Waals surface area contributed by atoms with Crippen LogP contribution in [0.5, 0.6) is 0 Å². The fourth-order valence-electron chi connectivity index (χ4n) is 1.91. The van der Waals surface area contributed by atoms with Crippen LogP contribution in [-0.4, -0.2) is 34.7 Å². The first-order chi connectivity index (χ1) is 10.0. The van der Waals surface area contributed by atoms with Gasteiger partial charge in [-0.1, -0.05) is 0 Å². The summed E-state index contributed by atoms with van der Waals surface area (Å²) < 4.78 is 8.56. The zero-order chi connectivity index (χ0) is 15.0. The molecule has 0 aliphatic carbocycles. The van der Waals surface area contributed by atoms with E-state index in [1.54, 1.807) is 17.9 Å². The average Bonchev–Trinajstić information content (AvgIpc) is 3.10. The van der Waals surface area contributed by atoms with E-state index in [-0.39, 0.29) is 12.4 Å². The Kier molecular flexibility index (Phi) is 2.97.